The molecule has 4 N–H and O–H groups in total. The van der Waals surface area contributed by atoms with Gasteiger partial charge in [0.15, 0.2) is 0 Å². The van der Waals surface area contributed by atoms with E-state index in [2.05, 4.69) is 5.10 Å². The summed E-state index contributed by atoms with van der Waals surface area (Å²) in [6.45, 7) is 0. The number of halogens is 1. The van der Waals surface area contributed by atoms with Gasteiger partial charge in [0, 0.05) is 28.3 Å². The molecule has 0 aliphatic carbocycles. The number of aromatic nitrogens is 2. The molecule has 9 heteroatoms. The van der Waals surface area contributed by atoms with Crippen LogP contribution in [0.15, 0.2) is 48.5 Å². The minimum atomic E-state index is -0.491. The van der Waals surface area contributed by atoms with Crippen molar-refractivity contribution in [1.29, 1.82) is 5.41 Å². The van der Waals surface area contributed by atoms with Gasteiger partial charge in [-0.2, -0.15) is 9.78 Å². The number of non-ortho nitro benzene ring substituents is 1. The third-order valence-electron chi connectivity index (χ3n) is 4.09. The molecule has 8 nitrogen and oxygen atoms in total. The zero-order valence-corrected chi connectivity index (χ0v) is 14.8. The van der Waals surface area contributed by atoms with E-state index in [1.54, 1.807) is 18.2 Å². The van der Waals surface area contributed by atoms with E-state index in [0.717, 1.165) is 10.2 Å². The molecule has 0 bridgehead atoms. The highest BCUT2D eigenvalue weighted by Gasteiger charge is 2.20. The maximum atomic E-state index is 10.8. The number of nitrogens with one attached hydrogen (secondary N) is 1. The first-order valence-corrected chi connectivity index (χ1v) is 8.39. The average molecular weight is 386 g/mol. The first-order valence-electron chi connectivity index (χ1n) is 8.01. The molecule has 0 saturated heterocycles. The molecule has 27 heavy (non-hydrogen) atoms. The van der Waals surface area contributed by atoms with E-state index in [4.69, 9.17) is 22.7 Å². The molecule has 0 fully saturated rings. The Hall–Kier alpha value is -3.39. The molecule has 0 aliphatic heterocycles. The average Bonchev–Trinajstić information content (AvgIpc) is 2.97. The monoisotopic (exact) mass is 385 g/mol. The van der Waals surface area contributed by atoms with Gasteiger partial charge in [0.2, 0.25) is 11.8 Å². The molecule has 1 heterocycles. The molecule has 1 aromatic heterocycles. The van der Waals surface area contributed by atoms with Crippen LogP contribution in [-0.4, -0.2) is 25.8 Å². The smallest absolute Gasteiger partial charge is 0.269 e. The van der Waals surface area contributed by atoms with E-state index in [1.807, 2.05) is 18.2 Å². The van der Waals surface area contributed by atoms with Gasteiger partial charge < -0.3 is 10.8 Å². The number of benzene rings is 2. The third-order valence-corrected chi connectivity index (χ3v) is 4.32. The van der Waals surface area contributed by atoms with Gasteiger partial charge in [0.05, 0.1) is 4.92 Å². The van der Waals surface area contributed by atoms with E-state index in [9.17, 15) is 15.2 Å². The first kappa shape index (κ1) is 18.4. The molecule has 0 unspecified atom stereocenters. The Morgan fingerprint density at radius 3 is 2.56 bits per heavy atom. The van der Waals surface area contributed by atoms with Crippen LogP contribution in [0.2, 0.25) is 5.02 Å². The van der Waals surface area contributed by atoms with Crippen LogP contribution in [0.1, 0.15) is 11.1 Å². The SMILES string of the molecule is N=C(N)n1nc(-c2ccc([N+](=O)[O-])cc2)c(CCc2cccc(Cl)c2)c1O. The zero-order valence-electron chi connectivity index (χ0n) is 14.1. The molecule has 0 saturated carbocycles. The Morgan fingerprint density at radius 2 is 1.96 bits per heavy atom. The number of hydrogen-bond donors (Lipinski definition) is 3. The summed E-state index contributed by atoms with van der Waals surface area (Å²) in [5.41, 5.74) is 7.91. The minimum Gasteiger partial charge on any atom is -0.493 e. The van der Waals surface area contributed by atoms with Gasteiger partial charge in [-0.3, -0.25) is 15.5 Å². The van der Waals surface area contributed by atoms with Crippen molar-refractivity contribution in [2.45, 2.75) is 12.8 Å². The fourth-order valence-electron chi connectivity index (χ4n) is 2.77. The number of nitrogens with zero attached hydrogens (tertiary/aromatic N) is 3. The van der Waals surface area contributed by atoms with Crippen molar-refractivity contribution in [1.82, 2.24) is 9.78 Å². The van der Waals surface area contributed by atoms with Gasteiger partial charge in [0.25, 0.3) is 5.69 Å². The Labute approximate surface area is 159 Å². The quantitative estimate of drug-likeness (QED) is 0.268. The van der Waals surface area contributed by atoms with Crippen LogP contribution >= 0.6 is 11.6 Å². The second-order valence-electron chi connectivity index (χ2n) is 5.88. The van der Waals surface area contributed by atoms with Crippen molar-refractivity contribution in [2.75, 3.05) is 0 Å². The van der Waals surface area contributed by atoms with Gasteiger partial charge in [0.1, 0.15) is 5.69 Å². The van der Waals surface area contributed by atoms with Crippen molar-refractivity contribution in [3.8, 4) is 17.1 Å². The lowest BCUT2D eigenvalue weighted by atomic mass is 10.0. The van der Waals surface area contributed by atoms with E-state index in [1.165, 1.54) is 12.1 Å². The van der Waals surface area contributed by atoms with Crippen LogP contribution in [0, 0.1) is 15.5 Å². The molecule has 0 amide bonds. The summed E-state index contributed by atoms with van der Waals surface area (Å²) in [6.07, 6.45) is 1.00. The van der Waals surface area contributed by atoms with Crippen molar-refractivity contribution < 1.29 is 10.0 Å². The Bertz CT molecular complexity index is 1010. The molecule has 0 radical (unpaired) electrons. The summed E-state index contributed by atoms with van der Waals surface area (Å²) < 4.78 is 0.935. The lowest BCUT2D eigenvalue weighted by Crippen LogP contribution is -2.21. The Balaban J connectivity index is 1.98. The fraction of sp³-hybridized carbons (Fsp3) is 0.111. The van der Waals surface area contributed by atoms with Gasteiger partial charge in [-0.05, 0) is 42.7 Å². The maximum Gasteiger partial charge on any atom is 0.269 e. The largest absolute Gasteiger partial charge is 0.493 e. The number of nitro groups is 1. The summed E-state index contributed by atoms with van der Waals surface area (Å²) >= 11 is 6.01. The highest BCUT2D eigenvalue weighted by molar-refractivity contribution is 6.30. The van der Waals surface area contributed by atoms with E-state index >= 15 is 0 Å². The number of hydrogen-bond acceptors (Lipinski definition) is 5. The number of nitro benzene ring substituents is 1. The van der Waals surface area contributed by atoms with Crippen molar-refractivity contribution >= 4 is 23.2 Å². The van der Waals surface area contributed by atoms with Crippen LogP contribution in [0.3, 0.4) is 0 Å². The fourth-order valence-corrected chi connectivity index (χ4v) is 2.99. The number of aromatic hydroxyl groups is 1. The predicted octanol–water partition coefficient (Wildman–Crippen LogP) is 3.34. The van der Waals surface area contributed by atoms with Crippen molar-refractivity contribution in [3.63, 3.8) is 0 Å². The summed E-state index contributed by atoms with van der Waals surface area (Å²) in [6, 6.07) is 13.2. The summed E-state index contributed by atoms with van der Waals surface area (Å²) in [7, 11) is 0. The molecular weight excluding hydrogens is 370 g/mol. The van der Waals surface area contributed by atoms with E-state index < -0.39 is 10.9 Å². The normalized spacial score (nSPS) is 10.7. The van der Waals surface area contributed by atoms with E-state index in [0.29, 0.717) is 34.7 Å². The standard InChI is InChI=1S/C18H16ClN5O3/c19-13-3-1-2-11(10-13)4-9-15-16(22-23(17(15)25)18(20)21)12-5-7-14(8-6-12)24(26)27/h1-3,5-8,10,25H,4,9H2,(H3,20,21). The molecule has 3 aromatic rings. The third kappa shape index (κ3) is 3.90. The maximum absolute atomic E-state index is 10.8. The highest BCUT2D eigenvalue weighted by Crippen LogP contribution is 2.32. The van der Waals surface area contributed by atoms with Crippen LogP contribution in [0.25, 0.3) is 11.3 Å². The zero-order chi connectivity index (χ0) is 19.6. The second kappa shape index (κ2) is 7.46. The molecule has 2 aromatic carbocycles. The predicted molar refractivity (Wildman–Crippen MR) is 102 cm³/mol. The number of rotatable bonds is 5. The molecule has 0 aliphatic rings. The lowest BCUT2D eigenvalue weighted by Gasteiger charge is -2.05. The van der Waals surface area contributed by atoms with Crippen LogP contribution < -0.4 is 5.73 Å². The number of aryl methyl sites for hydroxylation is 1. The molecule has 0 atom stereocenters. The first-order chi connectivity index (χ1) is 12.9. The van der Waals surface area contributed by atoms with Crippen LogP contribution in [-0.2, 0) is 12.8 Å². The van der Waals surface area contributed by atoms with Crippen LogP contribution in [0.5, 0.6) is 5.88 Å². The second-order valence-corrected chi connectivity index (χ2v) is 6.32. The molecule has 3 rings (SSSR count). The summed E-state index contributed by atoms with van der Waals surface area (Å²) in [5, 5.41) is 33.7. The topological polar surface area (TPSA) is 131 Å². The molecule has 138 valence electrons. The lowest BCUT2D eigenvalue weighted by molar-refractivity contribution is -0.384. The van der Waals surface area contributed by atoms with Gasteiger partial charge in [-0.25, -0.2) is 0 Å². The highest BCUT2D eigenvalue weighted by atomic mass is 35.5. The minimum absolute atomic E-state index is 0.0468. The number of nitrogen functional groups attached to an aromatic ring is 1. The molecular formula is C18H16ClN5O3. The van der Waals surface area contributed by atoms with Gasteiger partial charge in [-0.1, -0.05) is 23.7 Å². The van der Waals surface area contributed by atoms with Crippen molar-refractivity contribution in [3.05, 3.63) is 74.8 Å². The van der Waals surface area contributed by atoms with Gasteiger partial charge in [-0.15, -0.1) is 0 Å². The van der Waals surface area contributed by atoms with E-state index in [-0.39, 0.29) is 11.6 Å². The summed E-state index contributed by atoms with van der Waals surface area (Å²) in [5.74, 6) is -0.650. The Morgan fingerprint density at radius 1 is 1.26 bits per heavy atom. The summed E-state index contributed by atoms with van der Waals surface area (Å²) in [4.78, 5) is 10.3. The van der Waals surface area contributed by atoms with Crippen molar-refractivity contribution in [2.24, 2.45) is 5.73 Å². The van der Waals surface area contributed by atoms with Gasteiger partial charge >= 0.3 is 0 Å². The number of nitrogens with two attached hydrogens (primary N) is 1. The van der Waals surface area contributed by atoms with Crippen LogP contribution in [0.4, 0.5) is 5.69 Å². The molecule has 0 spiro atoms. The Kier molecular flexibility index (Phi) is 5.09.